The van der Waals surface area contributed by atoms with Crippen LogP contribution >= 0.6 is 0 Å². The molecule has 0 spiro atoms. The largest absolute Gasteiger partial charge is 0.493 e. The predicted octanol–water partition coefficient (Wildman–Crippen LogP) is 0.937. The maximum Gasteiger partial charge on any atom is 0.305 e. The number of aliphatic carboxylic acids is 1. The number of hydrogen-bond donors (Lipinski definition) is 1. The van der Waals surface area contributed by atoms with Gasteiger partial charge < -0.3 is 19.5 Å². The molecule has 2 aliphatic rings. The van der Waals surface area contributed by atoms with Crippen LogP contribution in [0.25, 0.3) is 0 Å². The SMILES string of the molecule is O=C(O)CC1COCCN1C(=O)c1ccc2c(c1)CCO2. The van der Waals surface area contributed by atoms with Crippen LogP contribution < -0.4 is 4.74 Å². The molecule has 21 heavy (non-hydrogen) atoms. The summed E-state index contributed by atoms with van der Waals surface area (Å²) in [6.07, 6.45) is 0.706. The highest BCUT2D eigenvalue weighted by Crippen LogP contribution is 2.27. The third kappa shape index (κ3) is 2.85. The zero-order chi connectivity index (χ0) is 14.8. The van der Waals surface area contributed by atoms with Gasteiger partial charge in [0, 0.05) is 18.5 Å². The van der Waals surface area contributed by atoms with Gasteiger partial charge in [-0.15, -0.1) is 0 Å². The summed E-state index contributed by atoms with van der Waals surface area (Å²) < 4.78 is 10.7. The lowest BCUT2D eigenvalue weighted by molar-refractivity contribution is -0.139. The van der Waals surface area contributed by atoms with E-state index in [2.05, 4.69) is 0 Å². The first kappa shape index (κ1) is 13.9. The molecule has 3 rings (SSSR count). The molecule has 1 amide bonds. The molecule has 0 aliphatic carbocycles. The van der Waals surface area contributed by atoms with Crippen LogP contribution in [0.3, 0.4) is 0 Å². The highest BCUT2D eigenvalue weighted by atomic mass is 16.5. The quantitative estimate of drug-likeness (QED) is 0.897. The van der Waals surface area contributed by atoms with E-state index in [1.807, 2.05) is 12.1 Å². The van der Waals surface area contributed by atoms with E-state index in [0.29, 0.717) is 25.3 Å². The Morgan fingerprint density at radius 3 is 3.00 bits per heavy atom. The van der Waals surface area contributed by atoms with Crippen LogP contribution in [-0.4, -0.2) is 54.3 Å². The fraction of sp³-hybridized carbons (Fsp3) is 0.467. The number of carboxylic acid groups (broad SMARTS) is 1. The molecular formula is C15H17NO5. The molecule has 6 nitrogen and oxygen atoms in total. The van der Waals surface area contributed by atoms with E-state index in [9.17, 15) is 9.59 Å². The summed E-state index contributed by atoms with van der Waals surface area (Å²) in [7, 11) is 0. The molecule has 0 radical (unpaired) electrons. The molecule has 6 heteroatoms. The van der Waals surface area contributed by atoms with Crippen molar-refractivity contribution >= 4 is 11.9 Å². The minimum Gasteiger partial charge on any atom is -0.493 e. The summed E-state index contributed by atoms with van der Waals surface area (Å²) in [5.41, 5.74) is 1.61. The van der Waals surface area contributed by atoms with E-state index >= 15 is 0 Å². The maximum absolute atomic E-state index is 12.6. The Balaban J connectivity index is 1.80. The van der Waals surface area contributed by atoms with E-state index in [4.69, 9.17) is 14.6 Å². The lowest BCUT2D eigenvalue weighted by atomic mass is 10.1. The zero-order valence-corrected chi connectivity index (χ0v) is 11.6. The second-order valence-electron chi connectivity index (χ2n) is 5.25. The third-order valence-corrected chi connectivity index (χ3v) is 3.84. The van der Waals surface area contributed by atoms with Crippen LogP contribution in [0.15, 0.2) is 18.2 Å². The van der Waals surface area contributed by atoms with Crippen LogP contribution in [0, 0.1) is 0 Å². The number of morpholine rings is 1. The molecule has 1 fully saturated rings. The number of ether oxygens (including phenoxy) is 2. The summed E-state index contributed by atoms with van der Waals surface area (Å²) in [6, 6.07) is 4.98. The Labute approximate surface area is 122 Å². The molecule has 0 saturated carbocycles. The highest BCUT2D eigenvalue weighted by molar-refractivity contribution is 5.95. The van der Waals surface area contributed by atoms with E-state index in [1.54, 1.807) is 11.0 Å². The Morgan fingerprint density at radius 2 is 2.19 bits per heavy atom. The molecule has 112 valence electrons. The first-order valence-corrected chi connectivity index (χ1v) is 7.01. The van der Waals surface area contributed by atoms with Gasteiger partial charge in [0.25, 0.3) is 5.91 Å². The van der Waals surface area contributed by atoms with Crippen molar-refractivity contribution in [1.82, 2.24) is 4.90 Å². The fourth-order valence-corrected chi connectivity index (χ4v) is 2.78. The van der Waals surface area contributed by atoms with Crippen LogP contribution in [0.1, 0.15) is 22.3 Å². The molecule has 1 N–H and O–H groups in total. The fourth-order valence-electron chi connectivity index (χ4n) is 2.78. The highest BCUT2D eigenvalue weighted by Gasteiger charge is 2.30. The normalized spacial score (nSPS) is 20.8. The smallest absolute Gasteiger partial charge is 0.305 e. The van der Waals surface area contributed by atoms with Gasteiger partial charge in [-0.3, -0.25) is 9.59 Å². The van der Waals surface area contributed by atoms with Crippen LogP contribution in [0.4, 0.5) is 0 Å². The zero-order valence-electron chi connectivity index (χ0n) is 11.6. The number of rotatable bonds is 3. The van der Waals surface area contributed by atoms with E-state index in [1.165, 1.54) is 0 Å². The second-order valence-corrected chi connectivity index (χ2v) is 5.25. The van der Waals surface area contributed by atoms with Gasteiger partial charge in [0.15, 0.2) is 0 Å². The monoisotopic (exact) mass is 291 g/mol. The summed E-state index contributed by atoms with van der Waals surface area (Å²) in [5.74, 6) is -0.236. The van der Waals surface area contributed by atoms with Crippen molar-refractivity contribution in [2.24, 2.45) is 0 Å². The Bertz CT molecular complexity index is 571. The molecule has 1 aromatic carbocycles. The van der Waals surface area contributed by atoms with Gasteiger partial charge in [-0.2, -0.15) is 0 Å². The van der Waals surface area contributed by atoms with Crippen molar-refractivity contribution in [2.45, 2.75) is 18.9 Å². The number of amides is 1. The number of nitrogens with zero attached hydrogens (tertiary/aromatic N) is 1. The average Bonchev–Trinajstić information content (AvgIpc) is 2.94. The van der Waals surface area contributed by atoms with Crippen molar-refractivity contribution in [2.75, 3.05) is 26.4 Å². The lowest BCUT2D eigenvalue weighted by Crippen LogP contribution is -2.49. The molecule has 2 aliphatic heterocycles. The van der Waals surface area contributed by atoms with Crippen LogP contribution in [0.2, 0.25) is 0 Å². The number of carbonyl (C=O) groups is 2. The van der Waals surface area contributed by atoms with Gasteiger partial charge >= 0.3 is 5.97 Å². The predicted molar refractivity (Wildman–Crippen MR) is 73.5 cm³/mol. The topological polar surface area (TPSA) is 76.1 Å². The van der Waals surface area contributed by atoms with Gasteiger partial charge in [0.2, 0.25) is 0 Å². The first-order valence-electron chi connectivity index (χ1n) is 7.01. The van der Waals surface area contributed by atoms with E-state index < -0.39 is 12.0 Å². The molecule has 1 saturated heterocycles. The third-order valence-electron chi connectivity index (χ3n) is 3.84. The Morgan fingerprint density at radius 1 is 1.33 bits per heavy atom. The van der Waals surface area contributed by atoms with Crippen LogP contribution in [0.5, 0.6) is 5.75 Å². The summed E-state index contributed by atoms with van der Waals surface area (Å²) >= 11 is 0. The van der Waals surface area contributed by atoms with E-state index in [-0.39, 0.29) is 18.9 Å². The number of carbonyl (C=O) groups excluding carboxylic acids is 1. The summed E-state index contributed by atoms with van der Waals surface area (Å²) in [4.78, 5) is 25.1. The number of benzene rings is 1. The molecule has 1 aromatic rings. The second kappa shape index (κ2) is 5.73. The molecule has 1 unspecified atom stereocenters. The summed E-state index contributed by atoms with van der Waals surface area (Å²) in [5, 5.41) is 8.95. The number of fused-ring (bicyclic) bond motifs is 1. The standard InChI is InChI=1S/C15H17NO5/c17-14(18)8-12-9-20-6-4-16(12)15(19)11-1-2-13-10(7-11)3-5-21-13/h1-2,7,12H,3-6,8-9H2,(H,17,18). The van der Waals surface area contributed by atoms with Crippen molar-refractivity contribution in [3.05, 3.63) is 29.3 Å². The number of carboxylic acids is 1. The summed E-state index contributed by atoms with van der Waals surface area (Å²) in [6.45, 7) is 1.78. The molecule has 2 heterocycles. The average molecular weight is 291 g/mol. The Hall–Kier alpha value is -2.08. The van der Waals surface area contributed by atoms with Crippen molar-refractivity contribution in [3.63, 3.8) is 0 Å². The van der Waals surface area contributed by atoms with Gasteiger partial charge in [0.1, 0.15) is 5.75 Å². The molecular weight excluding hydrogens is 274 g/mol. The molecule has 0 aromatic heterocycles. The van der Waals surface area contributed by atoms with Gasteiger partial charge in [0.05, 0.1) is 32.3 Å². The van der Waals surface area contributed by atoms with Crippen molar-refractivity contribution in [1.29, 1.82) is 0 Å². The van der Waals surface area contributed by atoms with Crippen molar-refractivity contribution in [3.8, 4) is 5.75 Å². The van der Waals surface area contributed by atoms with Crippen molar-refractivity contribution < 1.29 is 24.2 Å². The number of hydrogen-bond acceptors (Lipinski definition) is 4. The molecule has 1 atom stereocenters. The van der Waals surface area contributed by atoms with Gasteiger partial charge in [-0.1, -0.05) is 0 Å². The first-order chi connectivity index (χ1) is 10.1. The van der Waals surface area contributed by atoms with Gasteiger partial charge in [-0.05, 0) is 23.8 Å². The van der Waals surface area contributed by atoms with Gasteiger partial charge in [-0.25, -0.2) is 0 Å². The van der Waals surface area contributed by atoms with E-state index in [0.717, 1.165) is 17.7 Å². The minimum atomic E-state index is -0.925. The lowest BCUT2D eigenvalue weighted by Gasteiger charge is -2.35. The van der Waals surface area contributed by atoms with Crippen LogP contribution in [-0.2, 0) is 16.0 Å². The molecule has 0 bridgehead atoms. The Kier molecular flexibility index (Phi) is 3.79. The maximum atomic E-state index is 12.6. The minimum absolute atomic E-state index is 0.0974.